The molecule has 0 unspecified atom stereocenters. The number of unbranched alkanes of at least 4 members (excludes halogenated alkanes) is 3. The van der Waals surface area contributed by atoms with E-state index in [0.29, 0.717) is 12.1 Å². The first-order chi connectivity index (χ1) is 42.5. The topological polar surface area (TPSA) is 27.7 Å². The molecule has 0 fully saturated rings. The van der Waals surface area contributed by atoms with E-state index in [1.165, 1.54) is 0 Å². The monoisotopic (exact) mass is 1600 g/mol. The lowest BCUT2D eigenvalue weighted by Crippen LogP contribution is -2.74. The van der Waals surface area contributed by atoms with Crippen LogP contribution in [0.15, 0.2) is 12.1 Å². The number of alkyl halides is 52. The maximum absolute atomic E-state index is 14.6. The third-order valence-electron chi connectivity index (χ3n) is 13.0. The zero-order valence-electron chi connectivity index (χ0n) is 45.2. The van der Waals surface area contributed by atoms with Crippen LogP contribution in [0.4, 0.5) is 224 Å². The van der Waals surface area contributed by atoms with Gasteiger partial charge in [-0.2, -0.15) is 224 Å². The maximum atomic E-state index is 14.6. The summed E-state index contributed by atoms with van der Waals surface area (Å²) in [5.74, 6) is -185. The first-order valence-corrected chi connectivity index (χ1v) is 24.7. The molecule has 0 heterocycles. The van der Waals surface area contributed by atoms with Crippen LogP contribution in [0.25, 0.3) is 0 Å². The number of rotatable bonds is 37. The Bertz CT molecular complexity index is 2700. The van der Waals surface area contributed by atoms with Gasteiger partial charge in [-0.15, -0.1) is 11.6 Å². The van der Waals surface area contributed by atoms with Gasteiger partial charge in [0.25, 0.3) is 0 Å². The third-order valence-corrected chi connectivity index (χ3v) is 13.3. The van der Waals surface area contributed by atoms with E-state index in [9.17, 15) is 224 Å². The maximum Gasteiger partial charge on any atom is 0.460 e. The molecule has 0 atom stereocenters. The lowest BCUT2D eigenvalue weighted by atomic mass is 9.88. The van der Waals surface area contributed by atoms with Crippen LogP contribution in [0.2, 0.25) is 0 Å². The van der Waals surface area contributed by atoms with E-state index < -0.39 is 249 Å². The van der Waals surface area contributed by atoms with E-state index in [-0.39, 0.29) is 0 Å². The molecule has 0 spiro atoms. The highest BCUT2D eigenvalue weighted by molar-refractivity contribution is 6.17. The molecule has 0 aliphatic rings. The molecule has 1 aromatic rings. The largest absolute Gasteiger partial charge is 0.490 e. The van der Waals surface area contributed by atoms with Crippen LogP contribution in [0.5, 0.6) is 17.2 Å². The number of hydrogen-bond donors (Lipinski definition) is 0. The number of hydrogen-bond acceptors (Lipinski definition) is 3. The predicted molar refractivity (Wildman–Crippen MR) is 216 cm³/mol. The van der Waals surface area contributed by atoms with E-state index in [2.05, 4.69) is 0 Å². The van der Waals surface area contributed by atoms with Crippen molar-refractivity contribution in [1.82, 2.24) is 0 Å². The quantitative estimate of drug-likeness (QED) is 0.0378. The van der Waals surface area contributed by atoms with Gasteiger partial charge in [-0.05, 0) is 56.2 Å². The first-order valence-electron chi connectivity index (χ1n) is 24.2. The van der Waals surface area contributed by atoms with Crippen molar-refractivity contribution in [1.29, 1.82) is 0 Å². The summed E-state index contributed by atoms with van der Waals surface area (Å²) in [6, 6.07) is 0.615. The van der Waals surface area contributed by atoms with Gasteiger partial charge in [0, 0.05) is 25.1 Å². The molecule has 0 N–H and O–H groups in total. The number of halogens is 52. The van der Waals surface area contributed by atoms with E-state index in [1.807, 2.05) is 0 Å². The first kappa shape index (κ1) is 91.4. The minimum absolute atomic E-state index is 0.307. The second-order valence-electron chi connectivity index (χ2n) is 19.9. The highest BCUT2D eigenvalue weighted by atomic mass is 35.5. The lowest BCUT2D eigenvalue weighted by Gasteiger charge is -2.42. The van der Waals surface area contributed by atoms with Crippen molar-refractivity contribution in [2.45, 2.75) is 207 Å². The second kappa shape index (κ2) is 26.9. The summed E-state index contributed by atoms with van der Waals surface area (Å²) in [4.78, 5) is 0. The van der Waals surface area contributed by atoms with Gasteiger partial charge in [0.2, 0.25) is 5.75 Å². The standard InChI is InChI=1S/C43H28ClF51O3/c44-15-16-13-17(96-10-4-1-7-20(45,46)23(51,52)26(57,58)29(63,64)32(69,70)35(75,76)38(81,82)41(87,88)89)19(98-12-6-3-9-22(49,50)25(55,56)28(61,62)31(67,68)34(73,74)37(79,80)40(85,86)43(93,94)95)18(14-16)97-11-5-2-8-21(47,48)24(53,54)27(59,60)30(65,66)33(71,72)36(77,78)39(83,84)42(90,91)92/h13-14H,1-12,15H2. The average Bonchev–Trinajstić information content (AvgIpc) is 0.708. The smallest absolute Gasteiger partial charge is 0.460 e. The van der Waals surface area contributed by atoms with E-state index >= 15 is 0 Å². The van der Waals surface area contributed by atoms with Crippen LogP contribution >= 0.6 is 11.6 Å². The molecule has 1 aromatic carbocycles. The fourth-order valence-corrected chi connectivity index (χ4v) is 7.16. The van der Waals surface area contributed by atoms with Crippen LogP contribution in [0.1, 0.15) is 63.4 Å². The van der Waals surface area contributed by atoms with Gasteiger partial charge in [0.15, 0.2) is 11.5 Å². The summed E-state index contributed by atoms with van der Waals surface area (Å²) in [5, 5.41) is 0. The minimum Gasteiger partial charge on any atom is -0.490 e. The molecule has 0 saturated carbocycles. The fourth-order valence-electron chi connectivity index (χ4n) is 7.01. The van der Waals surface area contributed by atoms with Crippen LogP contribution < -0.4 is 14.2 Å². The summed E-state index contributed by atoms with van der Waals surface area (Å²) in [6.45, 7) is -5.14. The average molecular weight is 1600 g/mol. The molecule has 0 amide bonds. The van der Waals surface area contributed by atoms with E-state index in [0.717, 1.165) is 0 Å². The van der Waals surface area contributed by atoms with Crippen LogP contribution in [-0.4, -0.2) is 163 Å². The normalized spacial score (nSPS) is 16.1. The summed E-state index contributed by atoms with van der Waals surface area (Å²) < 4.78 is 713. The molecular weight excluding hydrogens is 1570 g/mol. The molecule has 0 radical (unpaired) electrons. The van der Waals surface area contributed by atoms with Crippen molar-refractivity contribution in [2.24, 2.45) is 0 Å². The van der Waals surface area contributed by atoms with Crippen LogP contribution in [-0.2, 0) is 5.88 Å². The van der Waals surface area contributed by atoms with Crippen molar-refractivity contribution >= 4 is 11.6 Å². The molecule has 55 heteroatoms. The Morgan fingerprint density at radius 3 is 0.551 bits per heavy atom. The highest BCUT2D eigenvalue weighted by Gasteiger charge is 2.98. The summed E-state index contributed by atoms with van der Waals surface area (Å²) >= 11 is 5.54. The molecule has 98 heavy (non-hydrogen) atoms. The van der Waals surface area contributed by atoms with Gasteiger partial charge in [0.05, 0.1) is 19.8 Å². The fraction of sp³-hybridized carbons (Fsp3) is 0.860. The Balaban J connectivity index is 3.82. The number of ether oxygens (including phenoxy) is 3. The van der Waals surface area contributed by atoms with Gasteiger partial charge in [-0.1, -0.05) is 0 Å². The number of benzene rings is 1. The van der Waals surface area contributed by atoms with Gasteiger partial charge in [-0.3, -0.25) is 0 Å². The Kier molecular flexibility index (Phi) is 25.0. The molecule has 0 saturated heterocycles. The third kappa shape index (κ3) is 14.2. The SMILES string of the molecule is FC(F)(F)C(F)(F)C(F)(F)C(F)(F)C(F)(F)C(F)(F)C(F)(F)C(F)(F)CCCCOc1cc(CCl)cc(OCCCCC(F)(F)C(F)(F)C(F)(F)C(F)(F)C(F)(F)C(F)(F)C(F)(F)C(F)(F)F)c1OCCCCC(F)(F)C(F)(F)C(F)(F)C(F)(F)C(F)(F)C(F)(F)C(F)(F)C(F)(F)F. The van der Waals surface area contributed by atoms with Crippen molar-refractivity contribution in [3.05, 3.63) is 17.7 Å². The second-order valence-corrected chi connectivity index (χ2v) is 20.2. The van der Waals surface area contributed by atoms with Gasteiger partial charge >= 0.3 is 143 Å². The minimum atomic E-state index is -9.11. The van der Waals surface area contributed by atoms with Crippen molar-refractivity contribution in [3.8, 4) is 17.2 Å². The van der Waals surface area contributed by atoms with Gasteiger partial charge in [0.1, 0.15) is 0 Å². The molecule has 0 bridgehead atoms. The zero-order valence-corrected chi connectivity index (χ0v) is 46.0. The molecule has 3 nitrogen and oxygen atoms in total. The summed E-state index contributed by atoms with van der Waals surface area (Å²) in [7, 11) is 0. The molecule has 0 aromatic heterocycles. The molecule has 0 aliphatic heterocycles. The van der Waals surface area contributed by atoms with E-state index in [4.69, 9.17) is 25.8 Å². The molecule has 582 valence electrons. The van der Waals surface area contributed by atoms with Gasteiger partial charge in [-0.25, -0.2) is 0 Å². The van der Waals surface area contributed by atoms with Crippen molar-refractivity contribution in [3.63, 3.8) is 0 Å². The summed E-state index contributed by atoms with van der Waals surface area (Å²) in [6.07, 6.45) is -45.4. The molecular formula is C43H28ClF51O3. The van der Waals surface area contributed by atoms with Crippen molar-refractivity contribution < 1.29 is 238 Å². The Morgan fingerprint density at radius 1 is 0.214 bits per heavy atom. The highest BCUT2D eigenvalue weighted by Crippen LogP contribution is 2.69. The van der Waals surface area contributed by atoms with Crippen LogP contribution in [0, 0.1) is 0 Å². The van der Waals surface area contributed by atoms with E-state index in [1.54, 1.807) is 0 Å². The molecule has 1 rings (SSSR count). The Labute approximate surface area is 511 Å². The lowest BCUT2D eigenvalue weighted by molar-refractivity contribution is -0.461. The Hall–Kier alpha value is -4.66. The Morgan fingerprint density at radius 2 is 0.378 bits per heavy atom. The summed E-state index contributed by atoms with van der Waals surface area (Å²) in [5.41, 5.74) is -0.719. The van der Waals surface area contributed by atoms with Crippen LogP contribution in [0.3, 0.4) is 0 Å². The molecule has 0 aliphatic carbocycles. The van der Waals surface area contributed by atoms with Crippen molar-refractivity contribution in [2.75, 3.05) is 19.8 Å². The van der Waals surface area contributed by atoms with Gasteiger partial charge < -0.3 is 14.2 Å². The zero-order chi connectivity index (χ0) is 79.0. The predicted octanol–water partition coefficient (Wildman–Crippen LogP) is 22.1.